The first-order chi connectivity index (χ1) is 26.8. The Hall–Kier alpha value is -7.37. The van der Waals surface area contributed by atoms with Crippen molar-refractivity contribution in [1.82, 2.24) is 19.5 Å². The van der Waals surface area contributed by atoms with Gasteiger partial charge in [0, 0.05) is 49.7 Å². The fourth-order valence-electron chi connectivity index (χ4n) is 7.93. The maximum absolute atomic E-state index is 6.67. The van der Waals surface area contributed by atoms with Crippen molar-refractivity contribution in [3.8, 4) is 51.0 Å². The highest BCUT2D eigenvalue weighted by atomic mass is 16.3. The van der Waals surface area contributed by atoms with Gasteiger partial charge in [0.25, 0.3) is 0 Å². The van der Waals surface area contributed by atoms with Gasteiger partial charge in [-0.25, -0.2) is 15.0 Å². The third-order valence-electron chi connectivity index (χ3n) is 10.4. The molecule has 3 aromatic heterocycles. The van der Waals surface area contributed by atoms with Gasteiger partial charge in [-0.3, -0.25) is 0 Å². The summed E-state index contributed by atoms with van der Waals surface area (Å²) in [5.41, 5.74) is 9.81. The molecular weight excluding hydrogens is 661 g/mol. The summed E-state index contributed by atoms with van der Waals surface area (Å²) >= 11 is 0. The van der Waals surface area contributed by atoms with Gasteiger partial charge in [-0.1, -0.05) is 158 Å². The summed E-state index contributed by atoms with van der Waals surface area (Å²) in [6.45, 7) is 0. The molecule has 0 amide bonds. The number of hydrogen-bond donors (Lipinski definition) is 0. The van der Waals surface area contributed by atoms with Gasteiger partial charge in [0.2, 0.25) is 0 Å². The Balaban J connectivity index is 1.21. The topological polar surface area (TPSA) is 56.7 Å². The van der Waals surface area contributed by atoms with Crippen LogP contribution in [0.15, 0.2) is 186 Å². The Morgan fingerprint density at radius 3 is 1.74 bits per heavy atom. The summed E-state index contributed by atoms with van der Waals surface area (Å²) in [6, 6.07) is 63.2. The summed E-state index contributed by atoms with van der Waals surface area (Å²) in [5.74, 6) is 1.79. The van der Waals surface area contributed by atoms with Gasteiger partial charge in [-0.05, 0) is 34.7 Å². The predicted molar refractivity (Wildman–Crippen MR) is 221 cm³/mol. The Labute approximate surface area is 310 Å². The Bertz CT molecular complexity index is 3200. The number of para-hydroxylation sites is 2. The van der Waals surface area contributed by atoms with Gasteiger partial charge >= 0.3 is 0 Å². The predicted octanol–water partition coefficient (Wildman–Crippen LogP) is 12.7. The minimum Gasteiger partial charge on any atom is -0.456 e. The highest BCUT2D eigenvalue weighted by Gasteiger charge is 2.22. The van der Waals surface area contributed by atoms with Gasteiger partial charge < -0.3 is 8.98 Å². The number of benzene rings is 8. The highest BCUT2D eigenvalue weighted by molar-refractivity contribution is 6.19. The van der Waals surface area contributed by atoms with Gasteiger partial charge in [-0.2, -0.15) is 0 Å². The van der Waals surface area contributed by atoms with E-state index in [1.54, 1.807) is 0 Å². The molecule has 0 aliphatic heterocycles. The molecule has 0 aliphatic carbocycles. The third-order valence-corrected chi connectivity index (χ3v) is 10.4. The Morgan fingerprint density at radius 1 is 0.389 bits per heavy atom. The number of hydrogen-bond acceptors (Lipinski definition) is 4. The summed E-state index contributed by atoms with van der Waals surface area (Å²) in [7, 11) is 0. The number of aromatic nitrogens is 4. The van der Waals surface area contributed by atoms with Crippen LogP contribution in [0.3, 0.4) is 0 Å². The van der Waals surface area contributed by atoms with Gasteiger partial charge in [-0.15, -0.1) is 0 Å². The molecule has 0 radical (unpaired) electrons. The third kappa shape index (κ3) is 4.83. The molecule has 5 heteroatoms. The average Bonchev–Trinajstić information content (AvgIpc) is 3.80. The summed E-state index contributed by atoms with van der Waals surface area (Å²) in [6.07, 6.45) is 0. The van der Waals surface area contributed by atoms with E-state index in [0.717, 1.165) is 66.5 Å². The fraction of sp³-hybridized carbons (Fsp3) is 0. The van der Waals surface area contributed by atoms with E-state index in [9.17, 15) is 0 Å². The van der Waals surface area contributed by atoms with E-state index in [1.165, 1.54) is 21.5 Å². The molecule has 0 fully saturated rings. The molecule has 252 valence electrons. The van der Waals surface area contributed by atoms with Crippen LogP contribution >= 0.6 is 0 Å². The molecule has 0 spiro atoms. The fourth-order valence-corrected chi connectivity index (χ4v) is 7.93. The zero-order chi connectivity index (χ0) is 35.6. The van der Waals surface area contributed by atoms with Crippen molar-refractivity contribution in [1.29, 1.82) is 0 Å². The molecule has 0 N–H and O–H groups in total. The van der Waals surface area contributed by atoms with Crippen molar-refractivity contribution < 1.29 is 4.42 Å². The van der Waals surface area contributed by atoms with Crippen LogP contribution in [0.5, 0.6) is 0 Å². The van der Waals surface area contributed by atoms with Crippen LogP contribution in [-0.4, -0.2) is 19.5 Å². The van der Waals surface area contributed by atoms with Crippen LogP contribution in [0.25, 0.3) is 105 Å². The molecule has 0 unspecified atom stereocenters. The zero-order valence-corrected chi connectivity index (χ0v) is 29.0. The van der Waals surface area contributed by atoms with Crippen molar-refractivity contribution in [2.45, 2.75) is 0 Å². The van der Waals surface area contributed by atoms with E-state index in [4.69, 9.17) is 19.4 Å². The van der Waals surface area contributed by atoms with Gasteiger partial charge in [0.05, 0.1) is 16.7 Å². The number of furan rings is 1. The molecule has 8 aromatic carbocycles. The second kappa shape index (κ2) is 12.1. The van der Waals surface area contributed by atoms with E-state index in [1.807, 2.05) is 48.5 Å². The van der Waals surface area contributed by atoms with E-state index in [2.05, 4.69) is 138 Å². The maximum atomic E-state index is 6.67. The molecule has 54 heavy (non-hydrogen) atoms. The molecule has 0 atom stereocenters. The van der Waals surface area contributed by atoms with Gasteiger partial charge in [0.1, 0.15) is 11.2 Å². The molecule has 11 aromatic rings. The quantitative estimate of drug-likeness (QED) is 0.180. The average molecular weight is 691 g/mol. The lowest BCUT2D eigenvalue weighted by Crippen LogP contribution is -2.02. The zero-order valence-electron chi connectivity index (χ0n) is 29.0. The second-order valence-electron chi connectivity index (χ2n) is 13.6. The number of nitrogens with zero attached hydrogens (tertiary/aromatic N) is 4. The molecule has 0 aliphatic rings. The van der Waals surface area contributed by atoms with Crippen molar-refractivity contribution >= 4 is 54.5 Å². The van der Waals surface area contributed by atoms with Crippen LogP contribution in [0.1, 0.15) is 0 Å². The van der Waals surface area contributed by atoms with Crippen LogP contribution < -0.4 is 0 Å². The molecule has 0 saturated carbocycles. The lowest BCUT2D eigenvalue weighted by Gasteiger charge is -2.14. The van der Waals surface area contributed by atoms with Crippen molar-refractivity contribution in [2.75, 3.05) is 0 Å². The summed E-state index contributed by atoms with van der Waals surface area (Å²) in [4.78, 5) is 15.6. The molecule has 0 bridgehead atoms. The number of rotatable bonds is 5. The molecule has 3 heterocycles. The smallest absolute Gasteiger partial charge is 0.164 e. The van der Waals surface area contributed by atoms with Crippen LogP contribution in [-0.2, 0) is 0 Å². The molecule has 5 nitrogen and oxygen atoms in total. The van der Waals surface area contributed by atoms with E-state index in [-0.39, 0.29) is 0 Å². The van der Waals surface area contributed by atoms with Crippen molar-refractivity contribution in [3.63, 3.8) is 0 Å². The van der Waals surface area contributed by atoms with Crippen LogP contribution in [0.2, 0.25) is 0 Å². The first-order valence-corrected chi connectivity index (χ1v) is 18.1. The van der Waals surface area contributed by atoms with E-state index in [0.29, 0.717) is 17.5 Å². The van der Waals surface area contributed by atoms with E-state index >= 15 is 0 Å². The maximum Gasteiger partial charge on any atom is 0.164 e. The normalized spacial score (nSPS) is 11.7. The minimum absolute atomic E-state index is 0.579. The van der Waals surface area contributed by atoms with E-state index < -0.39 is 0 Å². The molecule has 11 rings (SSSR count). The lowest BCUT2D eigenvalue weighted by molar-refractivity contribution is 0.668. The lowest BCUT2D eigenvalue weighted by atomic mass is 10.0. The molecular formula is C49H30N4O. The standard InChI is InChI=1S/C49H30N4O/c1-3-13-31(14-4-1)32-23-25-35(26-24-32)48-50-47(34-16-5-2-6-17-34)51-49(52-48)41-29-36(30-44-45(41)40-20-10-12-22-43(40)54-44)53-42-21-11-9-19-38(42)39-28-27-33-15-7-8-18-37(33)46(39)53/h1-30H. The monoisotopic (exact) mass is 690 g/mol. The molecule has 0 saturated heterocycles. The highest BCUT2D eigenvalue weighted by Crippen LogP contribution is 2.42. The van der Waals surface area contributed by atoms with Crippen molar-refractivity contribution in [2.24, 2.45) is 0 Å². The number of fused-ring (bicyclic) bond motifs is 8. The Kier molecular flexibility index (Phi) is 6.79. The summed E-state index contributed by atoms with van der Waals surface area (Å²) in [5, 5.41) is 6.74. The largest absolute Gasteiger partial charge is 0.456 e. The van der Waals surface area contributed by atoms with Crippen LogP contribution in [0.4, 0.5) is 0 Å². The van der Waals surface area contributed by atoms with Crippen molar-refractivity contribution in [3.05, 3.63) is 182 Å². The van der Waals surface area contributed by atoms with Crippen LogP contribution in [0, 0.1) is 0 Å². The Morgan fingerprint density at radius 2 is 0.963 bits per heavy atom. The SMILES string of the molecule is c1ccc(-c2ccc(-c3nc(-c4ccccc4)nc(-c4cc(-n5c6ccccc6c6ccc7ccccc7c65)cc5oc6ccccc6c45)n3)cc2)cc1. The first kappa shape index (κ1) is 30.3. The van der Waals surface area contributed by atoms with Gasteiger partial charge in [0.15, 0.2) is 17.5 Å². The minimum atomic E-state index is 0.579. The summed E-state index contributed by atoms with van der Waals surface area (Å²) < 4.78 is 9.03. The second-order valence-corrected chi connectivity index (χ2v) is 13.6. The first-order valence-electron chi connectivity index (χ1n) is 18.1.